The van der Waals surface area contributed by atoms with Gasteiger partial charge in [-0.15, -0.1) is 0 Å². The smallest absolute Gasteiger partial charge is 0.334 e. The van der Waals surface area contributed by atoms with E-state index >= 15 is 0 Å². The van der Waals surface area contributed by atoms with Crippen LogP contribution in [0.25, 0.3) is 0 Å². The molecule has 0 unspecified atom stereocenters. The molecule has 0 heterocycles. The molecular formula is C11H20O3. The first kappa shape index (κ1) is 13.0. The first-order valence-corrected chi connectivity index (χ1v) is 4.93. The first-order valence-electron chi connectivity index (χ1n) is 4.93. The summed E-state index contributed by atoms with van der Waals surface area (Å²) in [6.07, 6.45) is 1.42. The van der Waals surface area contributed by atoms with E-state index in [1.54, 1.807) is 6.92 Å². The Balaban J connectivity index is 4.56. The Morgan fingerprint density at radius 3 is 2.00 bits per heavy atom. The van der Waals surface area contributed by atoms with E-state index in [-0.39, 0.29) is 11.4 Å². The molecule has 0 saturated carbocycles. The van der Waals surface area contributed by atoms with Gasteiger partial charge in [0.2, 0.25) is 0 Å². The quantitative estimate of drug-likeness (QED) is 0.397. The Kier molecular flexibility index (Phi) is 5.28. The van der Waals surface area contributed by atoms with Crippen LogP contribution in [0, 0.1) is 5.41 Å². The molecule has 0 rings (SSSR count). The van der Waals surface area contributed by atoms with E-state index in [0.717, 1.165) is 0 Å². The number of allylic oxidation sites excluding steroid dienone is 1. The molecular weight excluding hydrogens is 180 g/mol. The second-order valence-electron chi connectivity index (χ2n) is 3.94. The standard InChI is InChI=1S/C11H20O3/c1-6-13-9(11(3,4)5)8-10(12)14-7-2/h8H,6-7H2,1-5H3/b9-8-. The van der Waals surface area contributed by atoms with Gasteiger partial charge < -0.3 is 9.47 Å². The fourth-order valence-corrected chi connectivity index (χ4v) is 0.921. The molecule has 0 fully saturated rings. The molecule has 0 aromatic rings. The minimum Gasteiger partial charge on any atom is -0.497 e. The van der Waals surface area contributed by atoms with Gasteiger partial charge in [0.05, 0.1) is 19.3 Å². The van der Waals surface area contributed by atoms with Crippen LogP contribution < -0.4 is 0 Å². The Labute approximate surface area is 86.1 Å². The highest BCUT2D eigenvalue weighted by atomic mass is 16.5. The van der Waals surface area contributed by atoms with Crippen LogP contribution in [0.1, 0.15) is 34.6 Å². The van der Waals surface area contributed by atoms with E-state index in [4.69, 9.17) is 9.47 Å². The molecule has 0 aliphatic rings. The summed E-state index contributed by atoms with van der Waals surface area (Å²) < 4.78 is 10.2. The fourth-order valence-electron chi connectivity index (χ4n) is 0.921. The highest BCUT2D eigenvalue weighted by Crippen LogP contribution is 2.25. The maximum Gasteiger partial charge on any atom is 0.334 e. The second-order valence-corrected chi connectivity index (χ2v) is 3.94. The number of carbonyl (C=O) groups is 1. The van der Waals surface area contributed by atoms with Gasteiger partial charge in [-0.3, -0.25) is 0 Å². The Morgan fingerprint density at radius 1 is 1.14 bits per heavy atom. The lowest BCUT2D eigenvalue weighted by atomic mass is 9.93. The van der Waals surface area contributed by atoms with Crippen LogP contribution in [0.15, 0.2) is 11.8 Å². The monoisotopic (exact) mass is 200 g/mol. The minimum atomic E-state index is -0.342. The molecule has 0 aromatic carbocycles. The van der Waals surface area contributed by atoms with Gasteiger partial charge in [0.25, 0.3) is 0 Å². The summed E-state index contributed by atoms with van der Waals surface area (Å²) in [4.78, 5) is 11.2. The topological polar surface area (TPSA) is 35.5 Å². The van der Waals surface area contributed by atoms with Crippen molar-refractivity contribution in [1.29, 1.82) is 0 Å². The molecule has 0 aliphatic heterocycles. The van der Waals surface area contributed by atoms with Crippen LogP contribution in [-0.4, -0.2) is 19.2 Å². The predicted molar refractivity (Wildman–Crippen MR) is 55.8 cm³/mol. The van der Waals surface area contributed by atoms with Gasteiger partial charge in [-0.05, 0) is 13.8 Å². The van der Waals surface area contributed by atoms with Crippen molar-refractivity contribution < 1.29 is 14.3 Å². The van der Waals surface area contributed by atoms with Crippen molar-refractivity contribution in [3.63, 3.8) is 0 Å². The van der Waals surface area contributed by atoms with Crippen LogP contribution in [0.4, 0.5) is 0 Å². The van der Waals surface area contributed by atoms with E-state index in [1.807, 2.05) is 27.7 Å². The van der Waals surface area contributed by atoms with Gasteiger partial charge in [-0.1, -0.05) is 20.8 Å². The minimum absolute atomic E-state index is 0.164. The Morgan fingerprint density at radius 2 is 1.64 bits per heavy atom. The molecule has 0 amide bonds. The normalized spacial score (nSPS) is 12.5. The van der Waals surface area contributed by atoms with Gasteiger partial charge >= 0.3 is 5.97 Å². The SMILES string of the molecule is CCOC(=O)/C=C(\OCC)C(C)(C)C. The maximum atomic E-state index is 11.2. The molecule has 0 saturated heterocycles. The number of hydrogen-bond acceptors (Lipinski definition) is 3. The number of carbonyl (C=O) groups excluding carboxylic acids is 1. The molecule has 0 atom stereocenters. The van der Waals surface area contributed by atoms with Gasteiger partial charge in [-0.2, -0.15) is 0 Å². The van der Waals surface area contributed by atoms with Crippen molar-refractivity contribution in [2.75, 3.05) is 13.2 Å². The lowest BCUT2D eigenvalue weighted by molar-refractivity contribution is -0.137. The third-order valence-electron chi connectivity index (χ3n) is 1.57. The molecule has 0 bridgehead atoms. The maximum absolute atomic E-state index is 11.2. The zero-order valence-electron chi connectivity index (χ0n) is 9.72. The average molecular weight is 200 g/mol. The van der Waals surface area contributed by atoms with Crippen LogP contribution >= 0.6 is 0 Å². The zero-order valence-corrected chi connectivity index (χ0v) is 9.72. The van der Waals surface area contributed by atoms with Crippen LogP contribution in [0.3, 0.4) is 0 Å². The summed E-state index contributed by atoms with van der Waals surface area (Å²) in [6, 6.07) is 0. The van der Waals surface area contributed by atoms with Crippen molar-refractivity contribution in [1.82, 2.24) is 0 Å². The zero-order chi connectivity index (χ0) is 11.2. The van der Waals surface area contributed by atoms with Crippen molar-refractivity contribution in [2.45, 2.75) is 34.6 Å². The van der Waals surface area contributed by atoms with Crippen molar-refractivity contribution in [2.24, 2.45) is 5.41 Å². The summed E-state index contributed by atoms with van der Waals surface area (Å²) in [5.74, 6) is 0.323. The largest absolute Gasteiger partial charge is 0.497 e. The molecule has 0 N–H and O–H groups in total. The molecule has 3 heteroatoms. The predicted octanol–water partition coefficient (Wildman–Crippen LogP) is 2.52. The number of rotatable bonds is 4. The summed E-state index contributed by atoms with van der Waals surface area (Å²) >= 11 is 0. The van der Waals surface area contributed by atoms with Crippen molar-refractivity contribution >= 4 is 5.97 Å². The van der Waals surface area contributed by atoms with E-state index in [9.17, 15) is 4.79 Å². The molecule has 0 radical (unpaired) electrons. The molecule has 14 heavy (non-hydrogen) atoms. The van der Waals surface area contributed by atoms with Gasteiger partial charge in [0, 0.05) is 5.41 Å². The summed E-state index contributed by atoms with van der Waals surface area (Å²) in [5, 5.41) is 0. The molecule has 0 aliphatic carbocycles. The number of esters is 1. The van der Waals surface area contributed by atoms with Crippen LogP contribution in [-0.2, 0) is 14.3 Å². The third-order valence-corrected chi connectivity index (χ3v) is 1.57. The molecule has 0 aromatic heterocycles. The summed E-state index contributed by atoms with van der Waals surface area (Å²) in [5.41, 5.74) is -0.164. The van der Waals surface area contributed by atoms with Gasteiger partial charge in [0.15, 0.2) is 0 Å². The van der Waals surface area contributed by atoms with Gasteiger partial charge in [0.1, 0.15) is 5.76 Å². The van der Waals surface area contributed by atoms with Crippen LogP contribution in [0.5, 0.6) is 0 Å². The van der Waals surface area contributed by atoms with E-state index in [0.29, 0.717) is 19.0 Å². The first-order chi connectivity index (χ1) is 6.41. The number of ether oxygens (including phenoxy) is 2. The number of hydrogen-bond donors (Lipinski definition) is 0. The molecule has 82 valence electrons. The Bertz CT molecular complexity index is 211. The van der Waals surface area contributed by atoms with E-state index in [2.05, 4.69) is 0 Å². The summed E-state index contributed by atoms with van der Waals surface area (Å²) in [7, 11) is 0. The third kappa shape index (κ3) is 4.90. The van der Waals surface area contributed by atoms with Gasteiger partial charge in [-0.25, -0.2) is 4.79 Å². The van der Waals surface area contributed by atoms with E-state index in [1.165, 1.54) is 6.08 Å². The van der Waals surface area contributed by atoms with E-state index < -0.39 is 0 Å². The fraction of sp³-hybridized carbons (Fsp3) is 0.727. The Hall–Kier alpha value is -0.990. The summed E-state index contributed by atoms with van der Waals surface area (Å²) in [6.45, 7) is 10.6. The molecule has 3 nitrogen and oxygen atoms in total. The highest BCUT2D eigenvalue weighted by molar-refractivity contribution is 5.82. The lowest BCUT2D eigenvalue weighted by Gasteiger charge is -2.22. The van der Waals surface area contributed by atoms with Crippen LogP contribution in [0.2, 0.25) is 0 Å². The molecule has 0 spiro atoms. The average Bonchev–Trinajstić information content (AvgIpc) is 2.02. The van der Waals surface area contributed by atoms with Crippen molar-refractivity contribution in [3.8, 4) is 0 Å². The van der Waals surface area contributed by atoms with Crippen molar-refractivity contribution in [3.05, 3.63) is 11.8 Å². The highest BCUT2D eigenvalue weighted by Gasteiger charge is 2.19. The second kappa shape index (κ2) is 5.68. The lowest BCUT2D eigenvalue weighted by Crippen LogP contribution is -2.15.